The first kappa shape index (κ1) is 13.8. The van der Waals surface area contributed by atoms with Crippen molar-refractivity contribution in [3.8, 4) is 0 Å². The van der Waals surface area contributed by atoms with Crippen LogP contribution in [0, 0.1) is 0 Å². The van der Waals surface area contributed by atoms with Crippen LogP contribution >= 0.6 is 0 Å². The van der Waals surface area contributed by atoms with Crippen LogP contribution in [0.3, 0.4) is 0 Å². The summed E-state index contributed by atoms with van der Waals surface area (Å²) >= 11 is 0. The quantitative estimate of drug-likeness (QED) is 0.755. The third-order valence-electron chi connectivity index (χ3n) is 3.55. The smallest absolute Gasteiger partial charge is 0.360 e. The number of ether oxygens (including phenoxy) is 1. The van der Waals surface area contributed by atoms with Gasteiger partial charge in [-0.1, -0.05) is 5.21 Å². The van der Waals surface area contributed by atoms with Gasteiger partial charge in [0.1, 0.15) is 0 Å². The molecule has 0 amide bonds. The second-order valence-corrected chi connectivity index (χ2v) is 5.18. The SMILES string of the molecule is CCOC(=O)c1nnn(Cc2cnn(CC)c2)c1C1CC1. The minimum atomic E-state index is -0.380. The third-order valence-corrected chi connectivity index (χ3v) is 3.55. The molecule has 2 heterocycles. The zero-order valence-corrected chi connectivity index (χ0v) is 12.3. The number of hydrogen-bond acceptors (Lipinski definition) is 5. The molecule has 0 saturated heterocycles. The summed E-state index contributed by atoms with van der Waals surface area (Å²) < 4.78 is 8.74. The van der Waals surface area contributed by atoms with E-state index in [0.29, 0.717) is 24.8 Å². The number of carbonyl (C=O) groups is 1. The van der Waals surface area contributed by atoms with E-state index in [1.807, 2.05) is 24.0 Å². The number of carbonyl (C=O) groups excluding carboxylic acids is 1. The van der Waals surface area contributed by atoms with Crippen LogP contribution < -0.4 is 0 Å². The van der Waals surface area contributed by atoms with Crippen LogP contribution in [0.2, 0.25) is 0 Å². The van der Waals surface area contributed by atoms with E-state index in [1.54, 1.807) is 11.6 Å². The van der Waals surface area contributed by atoms with Gasteiger partial charge in [-0.25, -0.2) is 9.48 Å². The molecule has 1 aliphatic rings. The lowest BCUT2D eigenvalue weighted by Gasteiger charge is -2.05. The second-order valence-electron chi connectivity index (χ2n) is 5.18. The molecule has 112 valence electrons. The lowest BCUT2D eigenvalue weighted by Crippen LogP contribution is -2.11. The molecule has 0 radical (unpaired) electrons. The Morgan fingerprint density at radius 1 is 1.43 bits per heavy atom. The minimum absolute atomic E-state index is 0.346. The van der Waals surface area contributed by atoms with Gasteiger partial charge in [0.15, 0.2) is 5.69 Å². The van der Waals surface area contributed by atoms with Crippen LogP contribution in [-0.4, -0.2) is 37.4 Å². The van der Waals surface area contributed by atoms with Gasteiger partial charge in [0.2, 0.25) is 0 Å². The van der Waals surface area contributed by atoms with Gasteiger partial charge in [-0.15, -0.1) is 5.10 Å². The first-order valence-electron chi connectivity index (χ1n) is 7.34. The maximum atomic E-state index is 12.0. The Labute approximate surface area is 122 Å². The van der Waals surface area contributed by atoms with Crippen LogP contribution in [0.5, 0.6) is 0 Å². The molecule has 2 aromatic rings. The van der Waals surface area contributed by atoms with E-state index in [1.165, 1.54) is 0 Å². The maximum Gasteiger partial charge on any atom is 0.360 e. The first-order chi connectivity index (χ1) is 10.2. The molecule has 2 aromatic heterocycles. The fourth-order valence-corrected chi connectivity index (χ4v) is 2.38. The average molecular weight is 289 g/mol. The standard InChI is InChI=1S/C14H19N5O2/c1-3-18-8-10(7-15-18)9-19-13(11-5-6-11)12(16-17-19)14(20)21-4-2/h7-8,11H,3-6,9H2,1-2H3. The molecule has 1 aliphatic carbocycles. The molecule has 0 N–H and O–H groups in total. The molecule has 0 atom stereocenters. The van der Waals surface area contributed by atoms with Crippen molar-refractivity contribution in [2.45, 2.75) is 45.7 Å². The van der Waals surface area contributed by atoms with Gasteiger partial charge in [-0.05, 0) is 26.7 Å². The third kappa shape index (κ3) is 2.81. The van der Waals surface area contributed by atoms with Crippen LogP contribution in [0.1, 0.15) is 54.4 Å². The molecule has 3 rings (SSSR count). The predicted molar refractivity (Wildman–Crippen MR) is 75.0 cm³/mol. The lowest BCUT2D eigenvalue weighted by molar-refractivity contribution is 0.0518. The average Bonchev–Trinajstić information content (AvgIpc) is 3.07. The van der Waals surface area contributed by atoms with Crippen molar-refractivity contribution < 1.29 is 9.53 Å². The summed E-state index contributed by atoms with van der Waals surface area (Å²) in [6.45, 7) is 5.59. The monoisotopic (exact) mass is 289 g/mol. The highest BCUT2D eigenvalue weighted by Crippen LogP contribution is 2.41. The van der Waals surface area contributed by atoms with Gasteiger partial charge in [0.05, 0.1) is 25.0 Å². The first-order valence-corrected chi connectivity index (χ1v) is 7.34. The largest absolute Gasteiger partial charge is 0.461 e. The van der Waals surface area contributed by atoms with Crippen molar-refractivity contribution in [3.05, 3.63) is 29.3 Å². The van der Waals surface area contributed by atoms with E-state index < -0.39 is 0 Å². The Balaban J connectivity index is 1.86. The number of aryl methyl sites for hydroxylation is 1. The molecule has 1 saturated carbocycles. The van der Waals surface area contributed by atoms with Gasteiger partial charge in [0.25, 0.3) is 0 Å². The highest BCUT2D eigenvalue weighted by molar-refractivity contribution is 5.88. The van der Waals surface area contributed by atoms with E-state index >= 15 is 0 Å². The molecular weight excluding hydrogens is 270 g/mol. The summed E-state index contributed by atoms with van der Waals surface area (Å²) in [6.07, 6.45) is 5.97. The highest BCUT2D eigenvalue weighted by Gasteiger charge is 2.34. The zero-order valence-electron chi connectivity index (χ0n) is 12.3. The van der Waals surface area contributed by atoms with Gasteiger partial charge in [-0.2, -0.15) is 5.10 Å². The van der Waals surface area contributed by atoms with Gasteiger partial charge in [0, 0.05) is 24.2 Å². The minimum Gasteiger partial charge on any atom is -0.461 e. The van der Waals surface area contributed by atoms with Crippen molar-refractivity contribution >= 4 is 5.97 Å². The fraction of sp³-hybridized carbons (Fsp3) is 0.571. The molecule has 0 spiro atoms. The summed E-state index contributed by atoms with van der Waals surface area (Å²) in [4.78, 5) is 12.0. The van der Waals surface area contributed by atoms with Crippen molar-refractivity contribution in [2.24, 2.45) is 0 Å². The number of hydrogen-bond donors (Lipinski definition) is 0. The normalized spacial score (nSPS) is 14.4. The Kier molecular flexibility index (Phi) is 3.72. The number of esters is 1. The number of aromatic nitrogens is 5. The van der Waals surface area contributed by atoms with E-state index in [0.717, 1.165) is 30.6 Å². The van der Waals surface area contributed by atoms with E-state index in [-0.39, 0.29) is 5.97 Å². The van der Waals surface area contributed by atoms with Crippen molar-refractivity contribution in [2.75, 3.05) is 6.61 Å². The Morgan fingerprint density at radius 2 is 2.24 bits per heavy atom. The molecule has 7 nitrogen and oxygen atoms in total. The lowest BCUT2D eigenvalue weighted by atomic mass is 10.2. The van der Waals surface area contributed by atoms with Crippen molar-refractivity contribution in [3.63, 3.8) is 0 Å². The molecule has 0 unspecified atom stereocenters. The number of nitrogens with zero attached hydrogens (tertiary/aromatic N) is 5. The van der Waals surface area contributed by atoms with Crippen LogP contribution in [0.15, 0.2) is 12.4 Å². The molecule has 0 aliphatic heterocycles. The molecule has 0 aromatic carbocycles. The van der Waals surface area contributed by atoms with Crippen LogP contribution in [-0.2, 0) is 17.8 Å². The van der Waals surface area contributed by atoms with Gasteiger partial charge < -0.3 is 4.74 Å². The summed E-state index contributed by atoms with van der Waals surface area (Å²) in [6, 6.07) is 0. The second kappa shape index (κ2) is 5.67. The summed E-state index contributed by atoms with van der Waals surface area (Å²) in [5.74, 6) is -0.00414. The summed E-state index contributed by atoms with van der Waals surface area (Å²) in [7, 11) is 0. The summed E-state index contributed by atoms with van der Waals surface area (Å²) in [5.41, 5.74) is 2.32. The van der Waals surface area contributed by atoms with E-state index in [4.69, 9.17) is 4.74 Å². The van der Waals surface area contributed by atoms with Crippen LogP contribution in [0.4, 0.5) is 0 Å². The van der Waals surface area contributed by atoms with Gasteiger partial charge in [-0.3, -0.25) is 4.68 Å². The molecular formula is C14H19N5O2. The fourth-order valence-electron chi connectivity index (χ4n) is 2.38. The van der Waals surface area contributed by atoms with E-state index in [9.17, 15) is 4.79 Å². The molecule has 21 heavy (non-hydrogen) atoms. The van der Waals surface area contributed by atoms with Gasteiger partial charge >= 0.3 is 5.97 Å². The Bertz CT molecular complexity index is 642. The zero-order chi connectivity index (χ0) is 14.8. The maximum absolute atomic E-state index is 12.0. The summed E-state index contributed by atoms with van der Waals surface area (Å²) in [5, 5.41) is 12.4. The Morgan fingerprint density at radius 3 is 2.86 bits per heavy atom. The topological polar surface area (TPSA) is 74.8 Å². The van der Waals surface area contributed by atoms with Crippen molar-refractivity contribution in [1.29, 1.82) is 0 Å². The van der Waals surface area contributed by atoms with E-state index in [2.05, 4.69) is 15.4 Å². The highest BCUT2D eigenvalue weighted by atomic mass is 16.5. The predicted octanol–water partition coefficient (Wildman–Crippen LogP) is 1.60. The molecule has 0 bridgehead atoms. The van der Waals surface area contributed by atoms with Crippen LogP contribution in [0.25, 0.3) is 0 Å². The Hall–Kier alpha value is -2.18. The number of rotatable bonds is 6. The molecule has 7 heteroatoms. The van der Waals surface area contributed by atoms with Crippen molar-refractivity contribution in [1.82, 2.24) is 24.8 Å². The molecule has 1 fully saturated rings.